The topological polar surface area (TPSA) is 78.3 Å². The van der Waals surface area contributed by atoms with Crippen molar-refractivity contribution in [1.29, 1.82) is 0 Å². The van der Waals surface area contributed by atoms with Crippen molar-refractivity contribution < 1.29 is 26.7 Å². The molecule has 0 spiro atoms. The molecule has 2 heterocycles. The summed E-state index contributed by atoms with van der Waals surface area (Å²) in [5.41, 5.74) is 6.29. The second-order valence-electron chi connectivity index (χ2n) is 5.20. The summed E-state index contributed by atoms with van der Waals surface area (Å²) in [4.78, 5) is 0. The summed E-state index contributed by atoms with van der Waals surface area (Å²) in [6.07, 6.45) is -4.81. The van der Waals surface area contributed by atoms with Crippen LogP contribution in [0.5, 0.6) is 5.75 Å². The van der Waals surface area contributed by atoms with Crippen molar-refractivity contribution in [1.82, 2.24) is 19.8 Å². The van der Waals surface area contributed by atoms with Crippen LogP contribution >= 0.6 is 0 Å². The summed E-state index contributed by atoms with van der Waals surface area (Å²) in [6.45, 7) is 0.636. The Morgan fingerprint density at radius 2 is 1.68 bits per heavy atom. The first-order valence-electron chi connectivity index (χ1n) is 6.81. The molecule has 25 heavy (non-hydrogen) atoms. The van der Waals surface area contributed by atoms with E-state index in [2.05, 4.69) is 20.0 Å². The highest BCUT2D eigenvalue weighted by atomic mass is 19.4. The van der Waals surface area contributed by atoms with Gasteiger partial charge in [0.05, 0.1) is 11.4 Å². The second-order valence-corrected chi connectivity index (χ2v) is 5.20. The van der Waals surface area contributed by atoms with Gasteiger partial charge in [0.1, 0.15) is 5.75 Å². The molecular formula is C14H10F5N5O. The molecule has 0 amide bonds. The minimum atomic E-state index is -4.81. The van der Waals surface area contributed by atoms with Gasteiger partial charge in [-0.2, -0.15) is 18.4 Å². The van der Waals surface area contributed by atoms with Crippen LogP contribution in [0, 0.1) is 0 Å². The van der Waals surface area contributed by atoms with E-state index in [1.807, 2.05) is 0 Å². The van der Waals surface area contributed by atoms with E-state index < -0.39 is 23.9 Å². The molecule has 0 saturated carbocycles. The Morgan fingerprint density at radius 1 is 1.04 bits per heavy atom. The lowest BCUT2D eigenvalue weighted by molar-refractivity contribution is -0.274. The van der Waals surface area contributed by atoms with Crippen LogP contribution in [0.1, 0.15) is 12.7 Å². The van der Waals surface area contributed by atoms with E-state index in [1.165, 1.54) is 18.2 Å². The normalized spacial score (nSPS) is 12.6. The molecule has 0 aliphatic carbocycles. The molecule has 6 nitrogen and oxygen atoms in total. The first-order chi connectivity index (χ1) is 11.5. The van der Waals surface area contributed by atoms with Crippen LogP contribution in [0.15, 0.2) is 30.3 Å². The predicted molar refractivity (Wildman–Crippen MR) is 76.9 cm³/mol. The van der Waals surface area contributed by atoms with Gasteiger partial charge in [0.2, 0.25) is 11.5 Å². The molecule has 3 aromatic rings. The maximum Gasteiger partial charge on any atom is 0.573 e. The van der Waals surface area contributed by atoms with Crippen molar-refractivity contribution in [2.75, 3.05) is 5.73 Å². The van der Waals surface area contributed by atoms with E-state index >= 15 is 0 Å². The Kier molecular flexibility index (Phi) is 3.73. The summed E-state index contributed by atoms with van der Waals surface area (Å²) in [7, 11) is 0. The number of hydrogen-bond acceptors (Lipinski definition) is 5. The van der Waals surface area contributed by atoms with Gasteiger partial charge in [-0.05, 0) is 30.3 Å². The fourth-order valence-corrected chi connectivity index (χ4v) is 2.15. The van der Waals surface area contributed by atoms with Crippen LogP contribution in [0.25, 0.3) is 16.9 Å². The molecule has 132 valence electrons. The molecule has 0 fully saturated rings. The summed E-state index contributed by atoms with van der Waals surface area (Å²) < 4.78 is 68.2. The monoisotopic (exact) mass is 359 g/mol. The number of nitrogen functional groups attached to an aromatic ring is 1. The molecule has 11 heteroatoms. The molecule has 0 aliphatic heterocycles. The van der Waals surface area contributed by atoms with Gasteiger partial charge < -0.3 is 10.5 Å². The van der Waals surface area contributed by atoms with Gasteiger partial charge >= 0.3 is 12.3 Å². The number of nitrogens with zero attached hydrogens (tertiary/aromatic N) is 4. The molecule has 0 aliphatic rings. The highest BCUT2D eigenvalue weighted by molar-refractivity contribution is 5.71. The summed E-state index contributed by atoms with van der Waals surface area (Å²) in [5, 5.41) is 11.0. The molecule has 1 aromatic carbocycles. The Morgan fingerprint density at radius 3 is 2.24 bits per heavy atom. The average Bonchev–Trinajstić information content (AvgIpc) is 2.91. The first-order valence-corrected chi connectivity index (χ1v) is 6.81. The van der Waals surface area contributed by atoms with Gasteiger partial charge in [0.15, 0.2) is 0 Å². The van der Waals surface area contributed by atoms with Gasteiger partial charge in [-0.15, -0.1) is 23.4 Å². The Labute approximate surface area is 137 Å². The lowest BCUT2D eigenvalue weighted by atomic mass is 10.1. The zero-order valence-electron chi connectivity index (χ0n) is 12.6. The van der Waals surface area contributed by atoms with E-state index in [9.17, 15) is 22.0 Å². The number of rotatable bonds is 3. The minimum absolute atomic E-state index is 0.0442. The van der Waals surface area contributed by atoms with Gasteiger partial charge in [0.25, 0.3) is 0 Å². The lowest BCUT2D eigenvalue weighted by Crippen LogP contribution is -2.17. The SMILES string of the molecule is CC(F)(F)c1nnc2c(N)cc(-c3ccc(OC(F)(F)F)cc3)nn12. The molecule has 0 unspecified atom stereocenters. The Hall–Kier alpha value is -2.98. The quantitative estimate of drug-likeness (QED) is 0.726. The third kappa shape index (κ3) is 3.44. The van der Waals surface area contributed by atoms with Crippen molar-refractivity contribution in [2.24, 2.45) is 0 Å². The molecule has 2 N–H and O–H groups in total. The number of hydrogen-bond donors (Lipinski definition) is 1. The lowest BCUT2D eigenvalue weighted by Gasteiger charge is -2.10. The van der Waals surface area contributed by atoms with E-state index in [1.54, 1.807) is 0 Å². The Balaban J connectivity index is 2.04. The maximum absolute atomic E-state index is 13.6. The van der Waals surface area contributed by atoms with Crippen molar-refractivity contribution in [3.63, 3.8) is 0 Å². The first kappa shape index (κ1) is 16.9. The summed E-state index contributed by atoms with van der Waals surface area (Å²) in [5.74, 6) is -4.43. The van der Waals surface area contributed by atoms with Crippen LogP contribution in [0.4, 0.5) is 27.6 Å². The van der Waals surface area contributed by atoms with E-state index in [0.717, 1.165) is 16.6 Å². The van der Waals surface area contributed by atoms with E-state index in [0.29, 0.717) is 12.5 Å². The largest absolute Gasteiger partial charge is 0.573 e. The number of benzene rings is 1. The van der Waals surface area contributed by atoms with Crippen LogP contribution < -0.4 is 10.5 Å². The van der Waals surface area contributed by atoms with Crippen molar-refractivity contribution in [2.45, 2.75) is 19.2 Å². The third-order valence-electron chi connectivity index (χ3n) is 3.18. The van der Waals surface area contributed by atoms with Gasteiger partial charge in [-0.1, -0.05) is 0 Å². The van der Waals surface area contributed by atoms with Gasteiger partial charge in [0, 0.05) is 12.5 Å². The van der Waals surface area contributed by atoms with Crippen LogP contribution in [0.2, 0.25) is 0 Å². The highest BCUT2D eigenvalue weighted by Gasteiger charge is 2.33. The fourth-order valence-electron chi connectivity index (χ4n) is 2.15. The average molecular weight is 359 g/mol. The van der Waals surface area contributed by atoms with Crippen molar-refractivity contribution in [3.8, 4) is 17.0 Å². The summed E-state index contributed by atoms with van der Waals surface area (Å²) in [6, 6.07) is 6.10. The minimum Gasteiger partial charge on any atom is -0.406 e. The van der Waals surface area contributed by atoms with Gasteiger partial charge in [-0.25, -0.2) is 0 Å². The van der Waals surface area contributed by atoms with Crippen molar-refractivity contribution in [3.05, 3.63) is 36.2 Å². The number of alkyl halides is 5. The molecular weight excluding hydrogens is 349 g/mol. The van der Waals surface area contributed by atoms with Crippen LogP contribution in [-0.2, 0) is 5.92 Å². The van der Waals surface area contributed by atoms with Crippen LogP contribution in [0.3, 0.4) is 0 Å². The summed E-state index contributed by atoms with van der Waals surface area (Å²) >= 11 is 0. The molecule has 2 aromatic heterocycles. The Bertz CT molecular complexity index is 914. The number of fused-ring (bicyclic) bond motifs is 1. The molecule has 0 atom stereocenters. The zero-order valence-corrected chi connectivity index (χ0v) is 12.6. The highest BCUT2D eigenvalue weighted by Crippen LogP contribution is 2.30. The standard InChI is InChI=1S/C14H10F5N5O/c1-13(15,16)12-22-21-11-9(20)6-10(23-24(11)12)7-2-4-8(5-3-7)25-14(17,18)19/h2-6H,20H2,1H3. The molecule has 0 radical (unpaired) electrons. The smallest absolute Gasteiger partial charge is 0.406 e. The molecule has 0 bridgehead atoms. The zero-order chi connectivity index (χ0) is 18.4. The number of halogens is 5. The second kappa shape index (κ2) is 5.53. The predicted octanol–water partition coefficient (Wildman–Crippen LogP) is 3.38. The molecule has 0 saturated heterocycles. The third-order valence-corrected chi connectivity index (χ3v) is 3.18. The van der Waals surface area contributed by atoms with E-state index in [-0.39, 0.29) is 17.0 Å². The maximum atomic E-state index is 13.6. The van der Waals surface area contributed by atoms with Crippen molar-refractivity contribution >= 4 is 11.3 Å². The number of nitrogens with two attached hydrogens (primary N) is 1. The number of ether oxygens (including phenoxy) is 1. The molecule has 3 rings (SSSR count). The van der Waals surface area contributed by atoms with Crippen LogP contribution in [-0.4, -0.2) is 26.2 Å². The number of anilines is 1. The van der Waals surface area contributed by atoms with E-state index in [4.69, 9.17) is 5.73 Å². The fraction of sp³-hybridized carbons (Fsp3) is 0.214. The van der Waals surface area contributed by atoms with Gasteiger partial charge in [-0.3, -0.25) is 0 Å². The number of aromatic nitrogens is 4.